The second kappa shape index (κ2) is 14.5. The molecule has 0 aromatic heterocycles. The summed E-state index contributed by atoms with van der Waals surface area (Å²) in [7, 11) is -1.93. The van der Waals surface area contributed by atoms with E-state index < -0.39 is 35.6 Å². The summed E-state index contributed by atoms with van der Waals surface area (Å²) < 4.78 is 0. The zero-order valence-electron chi connectivity index (χ0n) is 17.2. The second-order valence-corrected chi connectivity index (χ2v) is 35.2. The van der Waals surface area contributed by atoms with E-state index in [1.54, 1.807) is 0 Å². The Balaban J connectivity index is 0.000000858. The number of hydrogen-bond acceptors (Lipinski definition) is 0. The van der Waals surface area contributed by atoms with Crippen LogP contribution in [0, 0.1) is 0 Å². The fourth-order valence-electron chi connectivity index (χ4n) is 3.36. The molecule has 4 rings (SSSR count). The maximum absolute atomic E-state index is 3.28. The molecule has 0 amide bonds. The summed E-state index contributed by atoms with van der Waals surface area (Å²) in [6.07, 6.45) is 0. The van der Waals surface area contributed by atoms with Gasteiger partial charge in [0.2, 0.25) is 0 Å². The Bertz CT molecular complexity index is 866. The predicted molar refractivity (Wildman–Crippen MR) is 148 cm³/mol. The minimum absolute atomic E-state index is 0.458. The van der Waals surface area contributed by atoms with Gasteiger partial charge in [-0.05, 0) is 48.5 Å². The standard InChI is InChI=1S/C26H22P2.2BrH.Hg/c1-5-13-23(14-6-1)27(24-15-7-2-8-16-24)21-22-28(25-17-9-3-10-18-25)26-19-11-4-12-20-26;;;/h1-22H;2*1H;/q;;;+2. The summed E-state index contributed by atoms with van der Waals surface area (Å²) in [5, 5.41) is 5.71. The van der Waals surface area contributed by atoms with Crippen molar-refractivity contribution in [2.45, 2.75) is 0 Å². The molecule has 0 heterocycles. The Morgan fingerprint density at radius 2 is 0.613 bits per heavy atom. The normalized spacial score (nSPS) is 10.6. The maximum atomic E-state index is 3.28. The Labute approximate surface area is 211 Å². The summed E-state index contributed by atoms with van der Waals surface area (Å²) in [6, 6.07) is 43.7. The van der Waals surface area contributed by atoms with Crippen LogP contribution in [0.1, 0.15) is 0 Å². The van der Waals surface area contributed by atoms with Gasteiger partial charge < -0.3 is 0 Å². The molecule has 4 aromatic rings. The summed E-state index contributed by atoms with van der Waals surface area (Å²) in [5.74, 6) is 5.01. The molecular formula is C26H24Br2HgP2+2. The first-order chi connectivity index (χ1) is 15.3. The van der Waals surface area contributed by atoms with Gasteiger partial charge in [-0.3, -0.25) is 0 Å². The van der Waals surface area contributed by atoms with Gasteiger partial charge in [0, 0.05) is 0 Å². The SMILES string of the molecule is C(=C[PH+](c1ccccc1)c1ccccc1)[PH+](c1ccccc1)c1ccccc1.[Br][Hg][Br]. The van der Waals surface area contributed by atoms with E-state index in [-0.39, 0.29) is 0 Å². The van der Waals surface area contributed by atoms with Gasteiger partial charge in [-0.2, -0.15) is 0 Å². The van der Waals surface area contributed by atoms with Crippen LogP contribution in [0.2, 0.25) is 0 Å². The third-order valence-corrected chi connectivity index (χ3v) is 9.91. The first-order valence-corrected chi connectivity index (χ1v) is 37.1. The van der Waals surface area contributed by atoms with Crippen LogP contribution >= 0.6 is 39.7 Å². The van der Waals surface area contributed by atoms with Crippen LogP contribution in [0.5, 0.6) is 0 Å². The molecule has 0 nitrogen and oxygen atoms in total. The molecule has 0 fully saturated rings. The Hall–Kier alpha value is -0.625. The van der Waals surface area contributed by atoms with Crippen molar-refractivity contribution in [2.75, 3.05) is 0 Å². The van der Waals surface area contributed by atoms with Crippen LogP contribution in [0.15, 0.2) is 133 Å². The predicted octanol–water partition coefficient (Wildman–Crippen LogP) is 6.88. The van der Waals surface area contributed by atoms with Gasteiger partial charge in [-0.25, -0.2) is 0 Å². The van der Waals surface area contributed by atoms with Crippen molar-refractivity contribution in [2.24, 2.45) is 0 Å². The molecule has 0 aliphatic rings. The minimum atomic E-state index is -0.964. The summed E-state index contributed by atoms with van der Waals surface area (Å²) in [4.78, 5) is 0. The molecule has 0 saturated carbocycles. The summed E-state index contributed by atoms with van der Waals surface area (Å²) >= 11 is 6.11. The molecule has 4 aromatic carbocycles. The van der Waals surface area contributed by atoms with Gasteiger partial charge in [0.25, 0.3) is 0 Å². The number of halogens is 2. The molecule has 0 saturated heterocycles. The van der Waals surface area contributed by atoms with E-state index in [1.165, 1.54) is 21.2 Å². The molecule has 0 radical (unpaired) electrons. The fraction of sp³-hybridized carbons (Fsp3) is 0. The van der Waals surface area contributed by atoms with Crippen LogP contribution < -0.4 is 21.2 Å². The van der Waals surface area contributed by atoms with Crippen LogP contribution in [0.3, 0.4) is 0 Å². The van der Waals surface area contributed by atoms with Gasteiger partial charge >= 0.3 is 43.5 Å². The molecular weight excluding hydrogens is 735 g/mol. The molecule has 0 aliphatic carbocycles. The first-order valence-electron chi connectivity index (χ1n) is 10.1. The van der Waals surface area contributed by atoms with E-state index in [1.807, 2.05) is 0 Å². The van der Waals surface area contributed by atoms with E-state index in [0.717, 1.165) is 0 Å². The van der Waals surface area contributed by atoms with Crippen molar-refractivity contribution in [3.63, 3.8) is 0 Å². The fourth-order valence-corrected chi connectivity index (χ4v) is 8.33. The van der Waals surface area contributed by atoms with E-state index in [9.17, 15) is 0 Å². The quantitative estimate of drug-likeness (QED) is 0.149. The number of benzene rings is 4. The molecule has 0 atom stereocenters. The van der Waals surface area contributed by atoms with Gasteiger partial charge in [-0.15, -0.1) is 0 Å². The van der Waals surface area contributed by atoms with E-state index in [2.05, 4.69) is 157 Å². The van der Waals surface area contributed by atoms with Crippen molar-refractivity contribution < 1.29 is 19.7 Å². The molecule has 0 bridgehead atoms. The average molecular weight is 759 g/mol. The third-order valence-electron chi connectivity index (χ3n) is 4.76. The van der Waals surface area contributed by atoms with Crippen LogP contribution in [-0.4, -0.2) is 0 Å². The van der Waals surface area contributed by atoms with Crippen molar-refractivity contribution in [1.82, 2.24) is 0 Å². The molecule has 0 N–H and O–H groups in total. The van der Waals surface area contributed by atoms with Crippen molar-refractivity contribution in [3.8, 4) is 0 Å². The van der Waals surface area contributed by atoms with Crippen molar-refractivity contribution in [3.05, 3.63) is 133 Å². The van der Waals surface area contributed by atoms with E-state index >= 15 is 0 Å². The Morgan fingerprint density at radius 1 is 0.419 bits per heavy atom. The van der Waals surface area contributed by atoms with Gasteiger partial charge in [0.15, 0.2) is 0 Å². The Kier molecular flexibility index (Phi) is 11.7. The molecule has 0 unspecified atom stereocenters. The molecule has 31 heavy (non-hydrogen) atoms. The molecule has 0 spiro atoms. The van der Waals surface area contributed by atoms with Crippen LogP contribution in [-0.2, 0) is 19.7 Å². The van der Waals surface area contributed by atoms with Crippen molar-refractivity contribution >= 4 is 60.9 Å². The van der Waals surface area contributed by atoms with Crippen LogP contribution in [0.25, 0.3) is 0 Å². The van der Waals surface area contributed by atoms with Gasteiger partial charge in [0.05, 0.1) is 15.8 Å². The summed E-state index contributed by atoms with van der Waals surface area (Å²) in [5.41, 5.74) is 0. The monoisotopic (exact) mass is 758 g/mol. The molecule has 0 aliphatic heterocycles. The summed E-state index contributed by atoms with van der Waals surface area (Å²) in [6.45, 7) is 0. The van der Waals surface area contributed by atoms with E-state index in [4.69, 9.17) is 0 Å². The Morgan fingerprint density at radius 3 is 0.806 bits per heavy atom. The van der Waals surface area contributed by atoms with Crippen molar-refractivity contribution in [1.29, 1.82) is 0 Å². The van der Waals surface area contributed by atoms with Crippen LogP contribution in [0.4, 0.5) is 0 Å². The third kappa shape index (κ3) is 8.02. The average Bonchev–Trinajstić information content (AvgIpc) is 2.85. The van der Waals surface area contributed by atoms with Gasteiger partial charge in [0.1, 0.15) is 32.9 Å². The number of rotatable bonds is 6. The molecule has 5 heteroatoms. The first kappa shape index (κ1) is 25.0. The molecule has 152 valence electrons. The van der Waals surface area contributed by atoms with E-state index in [0.29, 0.717) is 0 Å². The second-order valence-electron chi connectivity index (χ2n) is 6.73. The number of hydrogen-bond donors (Lipinski definition) is 0. The zero-order valence-corrected chi connectivity index (χ0v) is 27.8. The van der Waals surface area contributed by atoms with Gasteiger partial charge in [-0.1, -0.05) is 72.8 Å². The zero-order chi connectivity index (χ0) is 21.7. The topological polar surface area (TPSA) is 0 Å².